The van der Waals surface area contributed by atoms with E-state index < -0.39 is 17.4 Å². The van der Waals surface area contributed by atoms with Crippen molar-refractivity contribution in [1.82, 2.24) is 30.1 Å². The molecule has 152 valence electrons. The Bertz CT molecular complexity index is 1250. The molecule has 0 aliphatic heterocycles. The van der Waals surface area contributed by atoms with Gasteiger partial charge in [-0.3, -0.25) is 5.10 Å². The molecule has 0 bridgehead atoms. The SMILES string of the molecule is Nc1nc(NC2(c3cccc(C(F)(F)F)n3)CC2)nc(-c2ccc3cn[nH]c3c2)n1. The monoisotopic (exact) mass is 412 g/mol. The minimum atomic E-state index is -4.51. The summed E-state index contributed by atoms with van der Waals surface area (Å²) >= 11 is 0. The summed E-state index contributed by atoms with van der Waals surface area (Å²) in [5.41, 5.74) is 5.97. The molecule has 11 heteroatoms. The number of nitrogen functional groups attached to an aromatic ring is 1. The first-order valence-electron chi connectivity index (χ1n) is 9.10. The normalized spacial score (nSPS) is 15.3. The van der Waals surface area contributed by atoms with Crippen LogP contribution < -0.4 is 11.1 Å². The number of rotatable bonds is 4. The Hall–Kier alpha value is -3.76. The third kappa shape index (κ3) is 3.27. The topological polar surface area (TPSA) is 118 Å². The van der Waals surface area contributed by atoms with Crippen molar-refractivity contribution in [2.75, 3.05) is 11.1 Å². The molecule has 1 aromatic carbocycles. The average molecular weight is 412 g/mol. The zero-order valence-electron chi connectivity index (χ0n) is 15.4. The van der Waals surface area contributed by atoms with Crippen LogP contribution in [0.25, 0.3) is 22.3 Å². The van der Waals surface area contributed by atoms with Crippen molar-refractivity contribution in [2.24, 2.45) is 0 Å². The molecule has 3 heterocycles. The Kier molecular flexibility index (Phi) is 3.88. The van der Waals surface area contributed by atoms with E-state index in [-0.39, 0.29) is 17.6 Å². The second-order valence-electron chi connectivity index (χ2n) is 7.13. The van der Waals surface area contributed by atoms with Gasteiger partial charge in [0.15, 0.2) is 5.82 Å². The van der Waals surface area contributed by atoms with Gasteiger partial charge in [0.1, 0.15) is 5.69 Å². The molecule has 30 heavy (non-hydrogen) atoms. The molecule has 8 nitrogen and oxygen atoms in total. The van der Waals surface area contributed by atoms with Crippen molar-refractivity contribution in [1.29, 1.82) is 0 Å². The molecule has 3 aromatic heterocycles. The van der Waals surface area contributed by atoms with E-state index in [1.807, 2.05) is 18.2 Å². The number of hydrogen-bond donors (Lipinski definition) is 3. The van der Waals surface area contributed by atoms with Gasteiger partial charge in [0.2, 0.25) is 11.9 Å². The molecule has 0 atom stereocenters. The Morgan fingerprint density at radius 3 is 2.63 bits per heavy atom. The highest BCUT2D eigenvalue weighted by Gasteiger charge is 2.47. The third-order valence-corrected chi connectivity index (χ3v) is 4.98. The van der Waals surface area contributed by atoms with Crippen molar-refractivity contribution in [3.8, 4) is 11.4 Å². The fourth-order valence-corrected chi connectivity index (χ4v) is 3.30. The Morgan fingerprint density at radius 2 is 1.87 bits per heavy atom. The molecule has 0 spiro atoms. The van der Waals surface area contributed by atoms with Crippen LogP contribution in [-0.4, -0.2) is 30.1 Å². The summed E-state index contributed by atoms with van der Waals surface area (Å²) < 4.78 is 39.1. The fourth-order valence-electron chi connectivity index (χ4n) is 3.30. The summed E-state index contributed by atoms with van der Waals surface area (Å²) in [6.07, 6.45) is -1.61. The lowest BCUT2D eigenvalue weighted by molar-refractivity contribution is -0.141. The van der Waals surface area contributed by atoms with E-state index in [4.69, 9.17) is 5.73 Å². The highest BCUT2D eigenvalue weighted by Crippen LogP contribution is 2.47. The molecule has 1 fully saturated rings. The molecule has 0 saturated heterocycles. The first-order chi connectivity index (χ1) is 14.3. The molecule has 4 aromatic rings. The van der Waals surface area contributed by atoms with Crippen molar-refractivity contribution < 1.29 is 13.2 Å². The van der Waals surface area contributed by atoms with Crippen LogP contribution in [0.15, 0.2) is 42.6 Å². The molecule has 0 amide bonds. The zero-order chi connectivity index (χ0) is 20.9. The summed E-state index contributed by atoms with van der Waals surface area (Å²) in [6, 6.07) is 9.40. The molecule has 1 aliphatic rings. The number of benzene rings is 1. The van der Waals surface area contributed by atoms with Crippen LogP contribution in [-0.2, 0) is 11.7 Å². The summed E-state index contributed by atoms with van der Waals surface area (Å²) in [5, 5.41) is 10.9. The van der Waals surface area contributed by atoms with E-state index in [0.29, 0.717) is 24.2 Å². The van der Waals surface area contributed by atoms with Crippen LogP contribution >= 0.6 is 0 Å². The van der Waals surface area contributed by atoms with Crippen molar-refractivity contribution in [3.63, 3.8) is 0 Å². The lowest BCUT2D eigenvalue weighted by atomic mass is 10.1. The Balaban J connectivity index is 1.48. The van der Waals surface area contributed by atoms with E-state index in [2.05, 4.69) is 35.5 Å². The lowest BCUT2D eigenvalue weighted by Crippen LogP contribution is -2.24. The number of fused-ring (bicyclic) bond motifs is 1. The van der Waals surface area contributed by atoms with Gasteiger partial charge in [-0.15, -0.1) is 0 Å². The van der Waals surface area contributed by atoms with Crippen molar-refractivity contribution >= 4 is 22.8 Å². The molecular formula is C19H15F3N8. The number of nitrogens with one attached hydrogen (secondary N) is 2. The van der Waals surface area contributed by atoms with Gasteiger partial charge < -0.3 is 11.1 Å². The number of aromatic amines is 1. The van der Waals surface area contributed by atoms with Gasteiger partial charge in [-0.25, -0.2) is 4.98 Å². The minimum Gasteiger partial charge on any atom is -0.368 e. The average Bonchev–Trinajstić information content (AvgIpc) is 3.33. The van der Waals surface area contributed by atoms with Crippen molar-refractivity contribution in [3.05, 3.63) is 54.0 Å². The first kappa shape index (κ1) is 18.3. The van der Waals surface area contributed by atoms with Crippen molar-refractivity contribution in [2.45, 2.75) is 24.6 Å². The van der Waals surface area contributed by atoms with E-state index in [0.717, 1.165) is 17.0 Å². The third-order valence-electron chi connectivity index (χ3n) is 4.98. The van der Waals surface area contributed by atoms with E-state index >= 15 is 0 Å². The lowest BCUT2D eigenvalue weighted by Gasteiger charge is -2.18. The van der Waals surface area contributed by atoms with Gasteiger partial charge in [0.05, 0.1) is 22.9 Å². The molecule has 0 radical (unpaired) electrons. The molecular weight excluding hydrogens is 397 g/mol. The molecule has 1 aliphatic carbocycles. The van der Waals surface area contributed by atoms with E-state index in [1.54, 1.807) is 12.3 Å². The number of halogens is 3. The largest absolute Gasteiger partial charge is 0.433 e. The van der Waals surface area contributed by atoms with Crippen LogP contribution in [0.5, 0.6) is 0 Å². The highest BCUT2D eigenvalue weighted by atomic mass is 19.4. The number of H-pyrrole nitrogens is 1. The van der Waals surface area contributed by atoms with Gasteiger partial charge in [-0.1, -0.05) is 18.2 Å². The standard InChI is InChI=1S/C19H15F3N8/c20-19(21,22)14-3-1-2-13(25-14)18(6-7-18)29-17-27-15(26-16(23)28-17)10-4-5-11-9-24-30-12(11)8-10/h1-5,8-9H,6-7H2,(H,24,30)(H3,23,26,27,28,29). The van der Waals surface area contributed by atoms with Gasteiger partial charge in [-0.2, -0.15) is 33.2 Å². The molecule has 0 unspecified atom stereocenters. The highest BCUT2D eigenvalue weighted by molar-refractivity contribution is 5.82. The summed E-state index contributed by atoms with van der Waals surface area (Å²) in [7, 11) is 0. The number of anilines is 2. The minimum absolute atomic E-state index is 0.00000840. The molecule has 4 N–H and O–H groups in total. The van der Waals surface area contributed by atoms with E-state index in [9.17, 15) is 13.2 Å². The van der Waals surface area contributed by atoms with Gasteiger partial charge in [-0.05, 0) is 31.0 Å². The maximum absolute atomic E-state index is 13.0. The van der Waals surface area contributed by atoms with E-state index in [1.165, 1.54) is 6.07 Å². The number of aromatic nitrogens is 6. The molecule has 5 rings (SSSR count). The molecule has 1 saturated carbocycles. The Morgan fingerprint density at radius 1 is 1.03 bits per heavy atom. The number of pyridine rings is 1. The first-order valence-corrected chi connectivity index (χ1v) is 9.10. The smallest absolute Gasteiger partial charge is 0.368 e. The predicted molar refractivity (Wildman–Crippen MR) is 103 cm³/mol. The van der Waals surface area contributed by atoms with Gasteiger partial charge in [0, 0.05) is 10.9 Å². The fraction of sp³-hybridized carbons (Fsp3) is 0.211. The summed E-state index contributed by atoms with van der Waals surface area (Å²) in [5.74, 6) is 0.522. The number of nitrogens with zero attached hydrogens (tertiary/aromatic N) is 5. The number of hydrogen-bond acceptors (Lipinski definition) is 7. The van der Waals surface area contributed by atoms with Crippen LogP contribution in [0, 0.1) is 0 Å². The van der Waals surface area contributed by atoms with Crippen LogP contribution in [0.3, 0.4) is 0 Å². The maximum Gasteiger partial charge on any atom is 0.433 e. The quantitative estimate of drug-likeness (QED) is 0.469. The van der Waals surface area contributed by atoms with Crippen LogP contribution in [0.1, 0.15) is 24.2 Å². The number of alkyl halides is 3. The number of nitrogens with two attached hydrogens (primary N) is 1. The maximum atomic E-state index is 13.0. The second-order valence-corrected chi connectivity index (χ2v) is 7.13. The summed E-state index contributed by atoms with van der Waals surface area (Å²) in [6.45, 7) is 0. The zero-order valence-corrected chi connectivity index (χ0v) is 15.4. The summed E-state index contributed by atoms with van der Waals surface area (Å²) in [4.78, 5) is 16.5. The van der Waals surface area contributed by atoms with Crippen LogP contribution in [0.4, 0.5) is 25.1 Å². The Labute approximate surface area is 167 Å². The predicted octanol–water partition coefficient (Wildman–Crippen LogP) is 3.51. The van der Waals surface area contributed by atoms with Crippen LogP contribution in [0.2, 0.25) is 0 Å². The van der Waals surface area contributed by atoms with Gasteiger partial charge in [0.25, 0.3) is 0 Å². The second kappa shape index (κ2) is 6.37. The van der Waals surface area contributed by atoms with Gasteiger partial charge >= 0.3 is 6.18 Å².